The molecule has 0 atom stereocenters. The summed E-state index contributed by atoms with van der Waals surface area (Å²) in [6, 6.07) is 15.8. The second-order valence-electron chi connectivity index (χ2n) is 6.30. The van der Waals surface area contributed by atoms with Gasteiger partial charge in [0.15, 0.2) is 5.96 Å². The van der Waals surface area contributed by atoms with E-state index in [1.807, 2.05) is 55.6 Å². The maximum atomic E-state index is 12.4. The second-order valence-corrected chi connectivity index (χ2v) is 7.15. The monoisotopic (exact) mass is 446 g/mol. The number of rotatable bonds is 8. The van der Waals surface area contributed by atoms with E-state index in [0.717, 1.165) is 21.3 Å². The number of nitrogens with zero attached hydrogens (tertiary/aromatic N) is 2. The normalized spacial score (nSPS) is 11.1. The van der Waals surface area contributed by atoms with E-state index >= 15 is 0 Å². The molecule has 0 heterocycles. The van der Waals surface area contributed by atoms with Crippen LogP contribution in [0.3, 0.4) is 0 Å². The Hall–Kier alpha value is -2.54. The van der Waals surface area contributed by atoms with E-state index in [0.29, 0.717) is 32.0 Å². The minimum Gasteiger partial charge on any atom is -0.497 e. The number of methoxy groups -OCH3 is 1. The first-order chi connectivity index (χ1) is 13.5. The number of benzene rings is 2. The topological polar surface area (TPSA) is 66.0 Å². The number of halogens is 1. The van der Waals surface area contributed by atoms with Crippen molar-refractivity contribution in [1.82, 2.24) is 15.5 Å². The van der Waals surface area contributed by atoms with Gasteiger partial charge >= 0.3 is 0 Å². The molecule has 2 aromatic rings. The highest BCUT2D eigenvalue weighted by atomic mass is 79.9. The molecule has 0 spiro atoms. The highest BCUT2D eigenvalue weighted by molar-refractivity contribution is 9.10. The Balaban J connectivity index is 1.75. The summed E-state index contributed by atoms with van der Waals surface area (Å²) in [5.41, 5.74) is 2.17. The first-order valence-corrected chi connectivity index (χ1v) is 9.87. The van der Waals surface area contributed by atoms with Crippen LogP contribution < -0.4 is 15.4 Å². The number of ether oxygens (including phenoxy) is 1. The number of aliphatic imine (C=N–C) groups is 1. The van der Waals surface area contributed by atoms with Gasteiger partial charge < -0.3 is 20.3 Å². The van der Waals surface area contributed by atoms with E-state index in [9.17, 15) is 4.79 Å². The lowest BCUT2D eigenvalue weighted by molar-refractivity contribution is -0.130. The Labute approximate surface area is 175 Å². The average Bonchev–Trinajstić information content (AvgIpc) is 2.72. The van der Waals surface area contributed by atoms with Gasteiger partial charge in [-0.3, -0.25) is 9.79 Å². The van der Waals surface area contributed by atoms with Crippen LogP contribution >= 0.6 is 15.9 Å². The number of nitrogens with one attached hydrogen (secondary N) is 2. The molecule has 0 aromatic heterocycles. The Morgan fingerprint density at radius 1 is 1.18 bits per heavy atom. The molecule has 0 bridgehead atoms. The molecule has 0 unspecified atom stereocenters. The van der Waals surface area contributed by atoms with Crippen molar-refractivity contribution in [3.63, 3.8) is 0 Å². The highest BCUT2D eigenvalue weighted by Crippen LogP contribution is 2.17. The van der Waals surface area contributed by atoms with E-state index in [2.05, 4.69) is 31.6 Å². The zero-order valence-corrected chi connectivity index (χ0v) is 18.1. The molecule has 28 heavy (non-hydrogen) atoms. The Bertz CT molecular complexity index is 810. The third kappa shape index (κ3) is 6.88. The SMILES string of the molecule is CN=C(NCCC(=O)N(C)Cc1ccccc1Br)NCc1cccc(OC)c1. The van der Waals surface area contributed by atoms with Crippen molar-refractivity contribution in [2.75, 3.05) is 27.7 Å². The summed E-state index contributed by atoms with van der Waals surface area (Å²) >= 11 is 3.52. The molecule has 2 aromatic carbocycles. The maximum absolute atomic E-state index is 12.4. The summed E-state index contributed by atoms with van der Waals surface area (Å²) in [6.45, 7) is 1.70. The lowest BCUT2D eigenvalue weighted by Crippen LogP contribution is -2.39. The summed E-state index contributed by atoms with van der Waals surface area (Å²) in [4.78, 5) is 18.3. The van der Waals surface area contributed by atoms with Crippen molar-refractivity contribution in [3.05, 3.63) is 64.1 Å². The van der Waals surface area contributed by atoms with Gasteiger partial charge in [-0.05, 0) is 29.3 Å². The molecule has 2 N–H and O–H groups in total. The van der Waals surface area contributed by atoms with Crippen molar-refractivity contribution in [2.24, 2.45) is 4.99 Å². The smallest absolute Gasteiger partial charge is 0.224 e. The van der Waals surface area contributed by atoms with Crippen LogP contribution in [0.4, 0.5) is 0 Å². The number of carbonyl (C=O) groups is 1. The van der Waals surface area contributed by atoms with E-state index in [1.54, 1.807) is 19.1 Å². The lowest BCUT2D eigenvalue weighted by Gasteiger charge is -2.19. The molecule has 150 valence electrons. The summed E-state index contributed by atoms with van der Waals surface area (Å²) in [5, 5.41) is 6.42. The highest BCUT2D eigenvalue weighted by Gasteiger charge is 2.11. The quantitative estimate of drug-likeness (QED) is 0.482. The van der Waals surface area contributed by atoms with Crippen LogP contribution in [0, 0.1) is 0 Å². The number of carbonyl (C=O) groups excluding carboxylic acids is 1. The fourth-order valence-corrected chi connectivity index (χ4v) is 3.05. The molecule has 2 rings (SSSR count). The van der Waals surface area contributed by atoms with Crippen molar-refractivity contribution < 1.29 is 9.53 Å². The molecule has 1 amide bonds. The predicted octanol–water partition coefficient (Wildman–Crippen LogP) is 3.17. The van der Waals surface area contributed by atoms with Gasteiger partial charge in [0.2, 0.25) is 5.91 Å². The van der Waals surface area contributed by atoms with Gasteiger partial charge in [0, 0.05) is 44.6 Å². The van der Waals surface area contributed by atoms with E-state index in [-0.39, 0.29) is 5.91 Å². The van der Waals surface area contributed by atoms with Crippen LogP contribution in [0.25, 0.3) is 0 Å². The van der Waals surface area contributed by atoms with Crippen LogP contribution in [0.1, 0.15) is 17.5 Å². The third-order valence-corrected chi connectivity index (χ3v) is 5.01. The molecular formula is C21H27BrN4O2. The molecule has 0 radical (unpaired) electrons. The van der Waals surface area contributed by atoms with Gasteiger partial charge in [0.05, 0.1) is 7.11 Å². The predicted molar refractivity (Wildman–Crippen MR) is 116 cm³/mol. The van der Waals surface area contributed by atoms with Crippen LogP contribution in [0.15, 0.2) is 58.0 Å². The zero-order valence-electron chi connectivity index (χ0n) is 16.5. The van der Waals surface area contributed by atoms with Gasteiger partial charge in [0.1, 0.15) is 5.75 Å². The molecule has 6 nitrogen and oxygen atoms in total. The van der Waals surface area contributed by atoms with Gasteiger partial charge in [-0.1, -0.05) is 46.3 Å². The Morgan fingerprint density at radius 2 is 1.96 bits per heavy atom. The molecule has 0 aliphatic rings. The van der Waals surface area contributed by atoms with Crippen LogP contribution in [-0.4, -0.2) is 44.5 Å². The molecule has 0 saturated carbocycles. The van der Waals surface area contributed by atoms with Crippen molar-refractivity contribution in [3.8, 4) is 5.75 Å². The van der Waals surface area contributed by atoms with Gasteiger partial charge in [-0.2, -0.15) is 0 Å². The van der Waals surface area contributed by atoms with Crippen molar-refractivity contribution in [2.45, 2.75) is 19.5 Å². The van der Waals surface area contributed by atoms with E-state index in [4.69, 9.17) is 4.74 Å². The van der Waals surface area contributed by atoms with Crippen LogP contribution in [0.2, 0.25) is 0 Å². The third-order valence-electron chi connectivity index (χ3n) is 4.24. The van der Waals surface area contributed by atoms with Gasteiger partial charge in [-0.25, -0.2) is 0 Å². The standard InChI is InChI=1S/C21H27BrN4O2/c1-23-21(25-14-16-7-6-9-18(13-16)28-3)24-12-11-20(27)26(2)15-17-8-4-5-10-19(17)22/h4-10,13H,11-12,14-15H2,1-3H3,(H2,23,24,25). The lowest BCUT2D eigenvalue weighted by atomic mass is 10.2. The number of hydrogen-bond acceptors (Lipinski definition) is 3. The molecule has 0 fully saturated rings. The Kier molecular flexibility index (Phi) is 8.81. The fraction of sp³-hybridized carbons (Fsp3) is 0.333. The second kappa shape index (κ2) is 11.3. The number of amides is 1. The fourth-order valence-electron chi connectivity index (χ4n) is 2.64. The summed E-state index contributed by atoms with van der Waals surface area (Å²) in [6.07, 6.45) is 0.390. The van der Waals surface area contributed by atoms with E-state index < -0.39 is 0 Å². The first kappa shape index (κ1) is 21.8. The Morgan fingerprint density at radius 3 is 2.68 bits per heavy atom. The summed E-state index contributed by atoms with van der Waals surface area (Å²) in [5.74, 6) is 1.55. The molecule has 0 aliphatic carbocycles. The molecule has 0 aliphatic heterocycles. The van der Waals surface area contributed by atoms with E-state index in [1.165, 1.54) is 0 Å². The minimum atomic E-state index is 0.0755. The minimum absolute atomic E-state index is 0.0755. The molecular weight excluding hydrogens is 420 g/mol. The van der Waals surface area contributed by atoms with Gasteiger partial charge in [0.25, 0.3) is 0 Å². The maximum Gasteiger partial charge on any atom is 0.224 e. The van der Waals surface area contributed by atoms with Crippen LogP contribution in [0.5, 0.6) is 5.75 Å². The average molecular weight is 447 g/mol. The molecule has 0 saturated heterocycles. The largest absolute Gasteiger partial charge is 0.497 e. The number of hydrogen-bond donors (Lipinski definition) is 2. The summed E-state index contributed by atoms with van der Waals surface area (Å²) < 4.78 is 6.24. The summed E-state index contributed by atoms with van der Waals surface area (Å²) in [7, 11) is 5.18. The molecule has 7 heteroatoms. The number of guanidine groups is 1. The van der Waals surface area contributed by atoms with Crippen molar-refractivity contribution >= 4 is 27.8 Å². The first-order valence-electron chi connectivity index (χ1n) is 9.08. The van der Waals surface area contributed by atoms with Crippen LogP contribution in [-0.2, 0) is 17.9 Å². The van der Waals surface area contributed by atoms with Gasteiger partial charge in [-0.15, -0.1) is 0 Å². The zero-order chi connectivity index (χ0) is 20.4. The van der Waals surface area contributed by atoms with Crippen molar-refractivity contribution in [1.29, 1.82) is 0 Å².